The van der Waals surface area contributed by atoms with E-state index in [1.165, 1.54) is 0 Å². The first kappa shape index (κ1) is 25.3. The lowest BCUT2D eigenvalue weighted by Crippen LogP contribution is -2.47. The van der Waals surface area contributed by atoms with E-state index >= 15 is 0 Å². The van der Waals surface area contributed by atoms with Crippen molar-refractivity contribution in [3.05, 3.63) is 54.0 Å². The molecule has 1 aromatic carbocycles. The molecule has 0 radical (unpaired) electrons. The second-order valence-corrected chi connectivity index (χ2v) is 10.4. The normalized spacial score (nSPS) is 17.9. The summed E-state index contributed by atoms with van der Waals surface area (Å²) in [5.41, 5.74) is 1.48. The summed E-state index contributed by atoms with van der Waals surface area (Å²) >= 11 is 0. The number of likely N-dealkylation sites (N-methyl/N-ethyl adjacent to an activating group) is 1. The number of benzene rings is 1. The molecule has 2 unspecified atom stereocenters. The SMILES string of the molecule is CCN1CCOC(CNS(=O)(=O)c2ccc(C)nc2NC(C)c2nccc3ccc(OC)cc23)C1. The molecule has 1 fully saturated rings. The highest BCUT2D eigenvalue weighted by Crippen LogP contribution is 2.29. The molecule has 0 bridgehead atoms. The second-order valence-electron chi connectivity index (χ2n) is 8.69. The van der Waals surface area contributed by atoms with Gasteiger partial charge in [0.1, 0.15) is 16.5 Å². The van der Waals surface area contributed by atoms with Crippen molar-refractivity contribution < 1.29 is 17.9 Å². The van der Waals surface area contributed by atoms with E-state index in [1.807, 2.05) is 38.1 Å². The average molecular weight is 500 g/mol. The molecule has 1 aliphatic heterocycles. The van der Waals surface area contributed by atoms with Crippen LogP contribution in [0.15, 0.2) is 47.5 Å². The summed E-state index contributed by atoms with van der Waals surface area (Å²) in [4.78, 5) is 11.4. The topological polar surface area (TPSA) is 106 Å². The molecule has 10 heteroatoms. The molecule has 0 amide bonds. The standard InChI is InChI=1S/C25H33N5O4S/c1-5-30-12-13-34-21(16-30)15-27-35(31,32)23-9-6-17(2)28-25(23)29-18(3)24-22-14-20(33-4)8-7-19(22)10-11-26-24/h6-11,14,18,21,27H,5,12-13,15-16H2,1-4H3,(H,28,29). The molecule has 0 spiro atoms. The Kier molecular flexibility index (Phi) is 7.85. The third-order valence-corrected chi connectivity index (χ3v) is 7.68. The fourth-order valence-electron chi connectivity index (χ4n) is 4.25. The molecule has 188 valence electrons. The fraction of sp³-hybridized carbons (Fsp3) is 0.440. The van der Waals surface area contributed by atoms with Crippen molar-refractivity contribution in [2.45, 2.75) is 37.8 Å². The van der Waals surface area contributed by atoms with Crippen LogP contribution in [-0.2, 0) is 14.8 Å². The van der Waals surface area contributed by atoms with Crippen LogP contribution in [0.25, 0.3) is 10.8 Å². The molecular formula is C25H33N5O4S. The van der Waals surface area contributed by atoms with Gasteiger partial charge in [0.2, 0.25) is 10.0 Å². The van der Waals surface area contributed by atoms with Gasteiger partial charge in [-0.05, 0) is 56.1 Å². The largest absolute Gasteiger partial charge is 0.497 e. The van der Waals surface area contributed by atoms with Gasteiger partial charge < -0.3 is 14.8 Å². The molecule has 2 atom stereocenters. The lowest BCUT2D eigenvalue weighted by Gasteiger charge is -2.32. The number of hydrogen-bond donors (Lipinski definition) is 2. The van der Waals surface area contributed by atoms with Crippen molar-refractivity contribution in [1.82, 2.24) is 19.6 Å². The Morgan fingerprint density at radius 1 is 1.26 bits per heavy atom. The highest BCUT2D eigenvalue weighted by molar-refractivity contribution is 7.89. The summed E-state index contributed by atoms with van der Waals surface area (Å²) in [6.07, 6.45) is 1.55. The Morgan fingerprint density at radius 3 is 2.86 bits per heavy atom. The first-order valence-electron chi connectivity index (χ1n) is 11.8. The van der Waals surface area contributed by atoms with E-state index < -0.39 is 10.0 Å². The number of ether oxygens (including phenoxy) is 2. The number of morpholine rings is 1. The number of hydrogen-bond acceptors (Lipinski definition) is 8. The number of anilines is 1. The van der Waals surface area contributed by atoms with Gasteiger partial charge in [0.05, 0.1) is 31.6 Å². The zero-order chi connectivity index (χ0) is 25.0. The maximum atomic E-state index is 13.3. The first-order chi connectivity index (χ1) is 16.8. The van der Waals surface area contributed by atoms with Gasteiger partial charge in [-0.3, -0.25) is 9.88 Å². The lowest BCUT2D eigenvalue weighted by molar-refractivity contribution is -0.0229. The monoisotopic (exact) mass is 499 g/mol. The summed E-state index contributed by atoms with van der Waals surface area (Å²) in [7, 11) is -2.20. The van der Waals surface area contributed by atoms with E-state index in [1.54, 1.807) is 25.4 Å². The first-order valence-corrected chi connectivity index (χ1v) is 13.3. The molecule has 2 N–H and O–H groups in total. The van der Waals surface area contributed by atoms with E-state index in [0.29, 0.717) is 18.8 Å². The van der Waals surface area contributed by atoms with Crippen LogP contribution in [0.2, 0.25) is 0 Å². The molecular weight excluding hydrogens is 466 g/mol. The minimum absolute atomic E-state index is 0.0934. The zero-order valence-corrected chi connectivity index (χ0v) is 21.4. The van der Waals surface area contributed by atoms with Gasteiger partial charge in [-0.1, -0.05) is 13.0 Å². The van der Waals surface area contributed by atoms with Gasteiger partial charge in [0.25, 0.3) is 0 Å². The molecule has 0 saturated carbocycles. The Morgan fingerprint density at radius 2 is 2.09 bits per heavy atom. The predicted molar refractivity (Wildman–Crippen MR) is 136 cm³/mol. The van der Waals surface area contributed by atoms with Crippen molar-refractivity contribution >= 4 is 26.6 Å². The number of nitrogens with one attached hydrogen (secondary N) is 2. The third-order valence-electron chi connectivity index (χ3n) is 6.23. The molecule has 0 aliphatic carbocycles. The molecule has 2 aromatic heterocycles. The summed E-state index contributed by atoms with van der Waals surface area (Å²) < 4.78 is 40.4. The summed E-state index contributed by atoms with van der Waals surface area (Å²) in [6.45, 7) is 9.12. The molecule has 1 aliphatic rings. The van der Waals surface area contributed by atoms with Crippen LogP contribution in [0.4, 0.5) is 5.82 Å². The van der Waals surface area contributed by atoms with E-state index in [4.69, 9.17) is 9.47 Å². The maximum absolute atomic E-state index is 13.3. The fourth-order valence-corrected chi connectivity index (χ4v) is 5.42. The summed E-state index contributed by atoms with van der Waals surface area (Å²) in [5, 5.41) is 5.23. The van der Waals surface area contributed by atoms with E-state index in [9.17, 15) is 8.42 Å². The molecule has 4 rings (SSSR count). The highest BCUT2D eigenvalue weighted by atomic mass is 32.2. The van der Waals surface area contributed by atoms with Crippen molar-refractivity contribution in [2.24, 2.45) is 0 Å². The number of pyridine rings is 2. The third kappa shape index (κ3) is 5.90. The number of aromatic nitrogens is 2. The van der Waals surface area contributed by atoms with Gasteiger partial charge in [-0.25, -0.2) is 18.1 Å². The maximum Gasteiger partial charge on any atom is 0.244 e. The van der Waals surface area contributed by atoms with Crippen LogP contribution in [-0.4, -0.2) is 69.3 Å². The highest BCUT2D eigenvalue weighted by Gasteiger charge is 2.25. The summed E-state index contributed by atoms with van der Waals surface area (Å²) in [5.74, 6) is 1.01. The Labute approximate surface area is 206 Å². The number of nitrogens with zero attached hydrogens (tertiary/aromatic N) is 3. The van der Waals surface area contributed by atoms with Crippen molar-refractivity contribution in [3.63, 3.8) is 0 Å². The van der Waals surface area contributed by atoms with Gasteiger partial charge in [0, 0.05) is 36.9 Å². The quantitative estimate of drug-likeness (QED) is 0.463. The average Bonchev–Trinajstić information content (AvgIpc) is 2.86. The van der Waals surface area contributed by atoms with Crippen LogP contribution in [0.1, 0.15) is 31.3 Å². The molecule has 35 heavy (non-hydrogen) atoms. The zero-order valence-electron chi connectivity index (χ0n) is 20.6. The lowest BCUT2D eigenvalue weighted by atomic mass is 10.1. The second kappa shape index (κ2) is 10.9. The Hall–Kier alpha value is -2.79. The number of aryl methyl sites for hydroxylation is 1. The molecule has 1 saturated heterocycles. The van der Waals surface area contributed by atoms with Gasteiger partial charge in [-0.15, -0.1) is 0 Å². The van der Waals surface area contributed by atoms with Crippen LogP contribution in [0, 0.1) is 6.92 Å². The van der Waals surface area contributed by atoms with E-state index in [0.717, 1.165) is 35.3 Å². The van der Waals surface area contributed by atoms with E-state index in [2.05, 4.69) is 31.8 Å². The number of rotatable bonds is 9. The van der Waals surface area contributed by atoms with Gasteiger partial charge in [-0.2, -0.15) is 0 Å². The molecule has 3 heterocycles. The molecule has 3 aromatic rings. The number of fused-ring (bicyclic) bond motifs is 1. The van der Waals surface area contributed by atoms with Crippen LogP contribution >= 0.6 is 0 Å². The van der Waals surface area contributed by atoms with Crippen molar-refractivity contribution in [2.75, 3.05) is 45.2 Å². The Balaban J connectivity index is 1.57. The van der Waals surface area contributed by atoms with Crippen LogP contribution in [0.3, 0.4) is 0 Å². The predicted octanol–water partition coefficient (Wildman–Crippen LogP) is 3.12. The summed E-state index contributed by atoms with van der Waals surface area (Å²) in [6, 6.07) is 10.7. The van der Waals surface area contributed by atoms with Gasteiger partial charge >= 0.3 is 0 Å². The van der Waals surface area contributed by atoms with Crippen molar-refractivity contribution in [1.29, 1.82) is 0 Å². The van der Waals surface area contributed by atoms with E-state index in [-0.39, 0.29) is 29.4 Å². The minimum atomic E-state index is -3.83. The molecule has 9 nitrogen and oxygen atoms in total. The number of sulfonamides is 1. The Bertz CT molecular complexity index is 1280. The van der Waals surface area contributed by atoms with Crippen molar-refractivity contribution in [3.8, 4) is 5.75 Å². The minimum Gasteiger partial charge on any atom is -0.497 e. The van der Waals surface area contributed by atoms with Crippen LogP contribution < -0.4 is 14.8 Å². The van der Waals surface area contributed by atoms with Gasteiger partial charge in [0.15, 0.2) is 0 Å². The smallest absolute Gasteiger partial charge is 0.244 e. The number of methoxy groups -OCH3 is 1. The van der Waals surface area contributed by atoms with Crippen LogP contribution in [0.5, 0.6) is 5.75 Å².